The molecule has 0 radical (unpaired) electrons. The molecule has 2 aromatic carbocycles. The van der Waals surface area contributed by atoms with E-state index in [0.29, 0.717) is 10.3 Å². The molecule has 0 saturated carbocycles. The molecule has 1 aliphatic heterocycles. The zero-order chi connectivity index (χ0) is 28.4. The number of nitriles is 1. The van der Waals surface area contributed by atoms with Gasteiger partial charge < -0.3 is 10.2 Å². The number of nitrogens with one attached hydrogen (secondary N) is 2. The van der Waals surface area contributed by atoms with Gasteiger partial charge in [0.15, 0.2) is 0 Å². The average molecular weight is 621 g/mol. The number of rotatable bonds is 8. The summed E-state index contributed by atoms with van der Waals surface area (Å²) in [6.45, 7) is 0.687. The monoisotopic (exact) mass is 620 g/mol. The Bertz CT molecular complexity index is 1540. The lowest BCUT2D eigenvalue weighted by atomic mass is 10.2. The van der Waals surface area contributed by atoms with Gasteiger partial charge in [0.1, 0.15) is 10.6 Å². The fourth-order valence-corrected chi connectivity index (χ4v) is 5.52. The van der Waals surface area contributed by atoms with Crippen molar-refractivity contribution in [2.45, 2.75) is 36.7 Å². The number of benzene rings is 2. The average Bonchev–Trinajstić information content (AvgIpc) is 3.41. The molecule has 2 heterocycles. The summed E-state index contributed by atoms with van der Waals surface area (Å²) in [5.74, 6) is -4.58. The molecule has 0 bridgehead atoms. The van der Waals surface area contributed by atoms with Gasteiger partial charge in [-0.1, -0.05) is 29.8 Å². The minimum Gasteiger partial charge on any atom is -0.343 e. The molecule has 4 rings (SSSR count). The molecule has 10 nitrogen and oxygen atoms in total. The maximum Gasteiger partial charge on any atom is 0.268 e. The Kier molecular flexibility index (Phi) is 8.03. The lowest BCUT2D eigenvalue weighted by Crippen LogP contribution is -2.43. The standard InChI is InChI=1S/C25H23BrF2N6O4S/c1-16-2-8-20(9-3-16)39(37,38)32-18-6-4-17(5-7-18)14-34-23(26)21(12-31-34)24(36)30-13-22(35)33-15-25(27,28)10-19(33)11-29/h2-9,12,19,32H,10,13-15H2,1H3,(H,30,36)/t19-/m0/s1. The summed E-state index contributed by atoms with van der Waals surface area (Å²) in [6, 6.07) is 13.5. The van der Waals surface area contributed by atoms with Gasteiger partial charge >= 0.3 is 0 Å². The highest BCUT2D eigenvalue weighted by Crippen LogP contribution is 2.31. The number of hydrogen-bond donors (Lipinski definition) is 2. The number of anilines is 1. The molecule has 204 valence electrons. The van der Waals surface area contributed by atoms with E-state index in [-0.39, 0.29) is 17.0 Å². The number of hydrogen-bond acceptors (Lipinski definition) is 6. The third-order valence-electron chi connectivity index (χ3n) is 6.03. The SMILES string of the molecule is Cc1ccc(S(=O)(=O)Nc2ccc(Cn3ncc(C(=O)NCC(=O)N4CC(F)(F)C[C@H]4C#N)c3Br)cc2)cc1. The molecule has 2 N–H and O–H groups in total. The molecular weight excluding hydrogens is 598 g/mol. The maximum absolute atomic E-state index is 13.6. The Balaban J connectivity index is 1.35. The Morgan fingerprint density at radius 3 is 2.49 bits per heavy atom. The molecular formula is C25H23BrF2N6O4S. The van der Waals surface area contributed by atoms with Crippen LogP contribution in [0, 0.1) is 18.3 Å². The van der Waals surface area contributed by atoms with Crippen LogP contribution < -0.4 is 10.0 Å². The van der Waals surface area contributed by atoms with Crippen molar-refractivity contribution < 1.29 is 26.8 Å². The van der Waals surface area contributed by atoms with Gasteiger partial charge in [0, 0.05) is 12.1 Å². The first kappa shape index (κ1) is 28.2. The smallest absolute Gasteiger partial charge is 0.268 e. The summed E-state index contributed by atoms with van der Waals surface area (Å²) in [4.78, 5) is 25.8. The first-order valence-corrected chi connectivity index (χ1v) is 13.9. The van der Waals surface area contributed by atoms with Gasteiger partial charge in [0.05, 0.1) is 42.4 Å². The number of carbonyl (C=O) groups excluding carboxylic acids is 2. The third-order valence-corrected chi connectivity index (χ3v) is 8.26. The molecule has 1 fully saturated rings. The van der Waals surface area contributed by atoms with Gasteiger partial charge in [0.2, 0.25) is 5.91 Å². The third kappa shape index (κ3) is 6.61. The second-order valence-electron chi connectivity index (χ2n) is 9.03. The van der Waals surface area contributed by atoms with E-state index < -0.39 is 53.3 Å². The van der Waals surface area contributed by atoms with Crippen LogP contribution in [0.1, 0.15) is 27.9 Å². The Morgan fingerprint density at radius 2 is 1.85 bits per heavy atom. The molecule has 2 amide bonds. The van der Waals surface area contributed by atoms with Crippen molar-refractivity contribution in [3.63, 3.8) is 0 Å². The van der Waals surface area contributed by atoms with E-state index in [4.69, 9.17) is 5.26 Å². The van der Waals surface area contributed by atoms with Gasteiger partial charge in [-0.25, -0.2) is 17.2 Å². The number of nitrogens with zero attached hydrogens (tertiary/aromatic N) is 4. The molecule has 14 heteroatoms. The van der Waals surface area contributed by atoms with Crippen LogP contribution in [0.2, 0.25) is 0 Å². The Morgan fingerprint density at radius 1 is 1.18 bits per heavy atom. The maximum atomic E-state index is 13.6. The van der Waals surface area contributed by atoms with E-state index in [9.17, 15) is 26.8 Å². The first-order chi connectivity index (χ1) is 18.4. The summed E-state index contributed by atoms with van der Waals surface area (Å²) < 4.78 is 56.7. The van der Waals surface area contributed by atoms with Crippen molar-refractivity contribution in [2.75, 3.05) is 17.8 Å². The van der Waals surface area contributed by atoms with Crippen LogP contribution in [0.3, 0.4) is 0 Å². The molecule has 1 saturated heterocycles. The second kappa shape index (κ2) is 11.1. The summed E-state index contributed by atoms with van der Waals surface area (Å²) in [5.41, 5.74) is 2.20. The highest BCUT2D eigenvalue weighted by Gasteiger charge is 2.47. The van der Waals surface area contributed by atoms with Crippen molar-refractivity contribution >= 4 is 43.5 Å². The molecule has 0 aliphatic carbocycles. The van der Waals surface area contributed by atoms with Crippen molar-refractivity contribution in [1.82, 2.24) is 20.0 Å². The highest BCUT2D eigenvalue weighted by molar-refractivity contribution is 9.10. The van der Waals surface area contributed by atoms with Crippen LogP contribution in [0.15, 0.2) is 64.2 Å². The molecule has 1 atom stereocenters. The molecule has 1 aromatic heterocycles. The molecule has 0 spiro atoms. The van der Waals surface area contributed by atoms with E-state index in [1.807, 2.05) is 6.92 Å². The number of halogens is 3. The predicted octanol–water partition coefficient (Wildman–Crippen LogP) is 3.29. The number of aryl methyl sites for hydroxylation is 1. The van der Waals surface area contributed by atoms with E-state index >= 15 is 0 Å². The van der Waals surface area contributed by atoms with Crippen molar-refractivity contribution in [3.8, 4) is 6.07 Å². The quantitative estimate of drug-likeness (QED) is 0.396. The van der Waals surface area contributed by atoms with Crippen LogP contribution in [0.25, 0.3) is 0 Å². The predicted molar refractivity (Wildman–Crippen MR) is 140 cm³/mol. The first-order valence-electron chi connectivity index (χ1n) is 11.6. The van der Waals surface area contributed by atoms with Gasteiger partial charge in [0.25, 0.3) is 21.9 Å². The number of carbonyl (C=O) groups is 2. The topological polar surface area (TPSA) is 137 Å². The summed E-state index contributed by atoms with van der Waals surface area (Å²) in [6.07, 6.45) is 0.553. The van der Waals surface area contributed by atoms with E-state index in [0.717, 1.165) is 16.0 Å². The minimum atomic E-state index is -3.74. The lowest BCUT2D eigenvalue weighted by molar-refractivity contribution is -0.131. The van der Waals surface area contributed by atoms with Crippen molar-refractivity contribution in [1.29, 1.82) is 5.26 Å². The van der Waals surface area contributed by atoms with E-state index in [1.165, 1.54) is 23.0 Å². The number of amides is 2. The normalized spacial score (nSPS) is 16.5. The fourth-order valence-electron chi connectivity index (χ4n) is 3.96. The van der Waals surface area contributed by atoms with Gasteiger partial charge in [-0.15, -0.1) is 0 Å². The van der Waals surface area contributed by atoms with Gasteiger partial charge in [-0.3, -0.25) is 19.0 Å². The Hall–Kier alpha value is -3.83. The number of sulfonamides is 1. The van der Waals surface area contributed by atoms with Gasteiger partial charge in [-0.2, -0.15) is 10.4 Å². The van der Waals surface area contributed by atoms with E-state index in [1.54, 1.807) is 42.5 Å². The summed E-state index contributed by atoms with van der Waals surface area (Å²) >= 11 is 3.31. The largest absolute Gasteiger partial charge is 0.343 e. The zero-order valence-electron chi connectivity index (χ0n) is 20.6. The Labute approximate surface area is 231 Å². The number of aromatic nitrogens is 2. The number of likely N-dealkylation sites (tertiary alicyclic amines) is 1. The fraction of sp³-hybridized carbons (Fsp3) is 0.280. The molecule has 39 heavy (non-hydrogen) atoms. The van der Waals surface area contributed by atoms with Gasteiger partial charge in [-0.05, 0) is 52.7 Å². The van der Waals surface area contributed by atoms with Crippen LogP contribution in [0.5, 0.6) is 0 Å². The highest BCUT2D eigenvalue weighted by atomic mass is 79.9. The lowest BCUT2D eigenvalue weighted by Gasteiger charge is -2.19. The van der Waals surface area contributed by atoms with E-state index in [2.05, 4.69) is 31.1 Å². The summed E-state index contributed by atoms with van der Waals surface area (Å²) in [7, 11) is -3.74. The van der Waals surface area contributed by atoms with Crippen LogP contribution in [-0.2, 0) is 21.4 Å². The van der Waals surface area contributed by atoms with Crippen LogP contribution in [0.4, 0.5) is 14.5 Å². The minimum absolute atomic E-state index is 0.119. The molecule has 0 unspecified atom stereocenters. The zero-order valence-corrected chi connectivity index (χ0v) is 23.0. The molecule has 1 aliphatic rings. The second-order valence-corrected chi connectivity index (χ2v) is 11.5. The molecule has 3 aromatic rings. The summed E-state index contributed by atoms with van der Waals surface area (Å²) in [5, 5.41) is 15.6. The van der Waals surface area contributed by atoms with Crippen LogP contribution in [-0.4, -0.2) is 60.0 Å². The van der Waals surface area contributed by atoms with Crippen molar-refractivity contribution in [3.05, 3.63) is 76.0 Å². The van der Waals surface area contributed by atoms with Crippen molar-refractivity contribution in [2.24, 2.45) is 0 Å². The van der Waals surface area contributed by atoms with Crippen LogP contribution >= 0.6 is 15.9 Å². The number of alkyl halides is 2.